The molecule has 146 valence electrons. The number of carbonyl (C=O) groups excluding carboxylic acids is 1. The first-order chi connectivity index (χ1) is 13.3. The summed E-state index contributed by atoms with van der Waals surface area (Å²) >= 11 is 5.79. The van der Waals surface area contributed by atoms with E-state index in [1.165, 1.54) is 36.1 Å². The Balaban J connectivity index is 1.86. The van der Waals surface area contributed by atoms with Crippen molar-refractivity contribution in [3.63, 3.8) is 0 Å². The monoisotopic (exact) mass is 424 g/mol. The van der Waals surface area contributed by atoms with E-state index in [9.17, 15) is 13.2 Å². The van der Waals surface area contributed by atoms with Crippen LogP contribution in [0.2, 0.25) is 5.15 Å². The molecule has 1 aromatic carbocycles. The summed E-state index contributed by atoms with van der Waals surface area (Å²) in [5.74, 6) is 0.0745. The Labute approximate surface area is 164 Å². The van der Waals surface area contributed by atoms with E-state index in [1.807, 2.05) is 4.72 Å². The lowest BCUT2D eigenvalue weighted by molar-refractivity contribution is 0.256. The number of sulfonamides is 1. The van der Waals surface area contributed by atoms with E-state index in [1.54, 1.807) is 13.1 Å². The number of benzene rings is 1. The number of carbonyl (C=O) groups is 1. The Hall–Kier alpha value is -3.32. The van der Waals surface area contributed by atoms with Crippen molar-refractivity contribution in [1.82, 2.24) is 34.9 Å². The van der Waals surface area contributed by atoms with Gasteiger partial charge in [0, 0.05) is 18.7 Å². The van der Waals surface area contributed by atoms with Crippen LogP contribution in [0, 0.1) is 0 Å². The van der Waals surface area contributed by atoms with Crippen molar-refractivity contribution >= 4 is 33.6 Å². The maximum Gasteiger partial charge on any atom is 0.335 e. The smallest absolute Gasteiger partial charge is 0.335 e. The van der Waals surface area contributed by atoms with Gasteiger partial charge in [0.15, 0.2) is 5.82 Å². The second kappa shape index (κ2) is 7.74. The van der Waals surface area contributed by atoms with Crippen LogP contribution in [-0.2, 0) is 17.1 Å². The maximum absolute atomic E-state index is 12.7. The van der Waals surface area contributed by atoms with Gasteiger partial charge in [-0.05, 0) is 22.6 Å². The van der Waals surface area contributed by atoms with Crippen LogP contribution < -0.4 is 14.8 Å². The molecule has 2 heterocycles. The number of urea groups is 1. The maximum atomic E-state index is 12.7. The minimum Gasteiger partial charge on any atom is -0.481 e. The van der Waals surface area contributed by atoms with E-state index in [2.05, 4.69) is 30.8 Å². The number of nitrogens with one attached hydrogen (secondary N) is 2. The molecule has 0 aliphatic carbocycles. The number of hydrogen-bond donors (Lipinski definition) is 2. The number of anilines is 1. The van der Waals surface area contributed by atoms with Gasteiger partial charge >= 0.3 is 6.03 Å². The normalized spacial score (nSPS) is 11.1. The minimum absolute atomic E-state index is 0.00475. The van der Waals surface area contributed by atoms with E-state index in [-0.39, 0.29) is 33.3 Å². The number of hydrogen-bond acceptors (Lipinski definition) is 9. The van der Waals surface area contributed by atoms with Crippen molar-refractivity contribution in [2.75, 3.05) is 12.4 Å². The standard InChI is InChI=1S/C14H13ClN8O4S/c1-23-12(19-21-22-23)8-5-3-4-6-9(8)28(25,26)20-14(24)18-13-16-10(15)7-11(17-13)27-2/h3-7H,1-2H3,(H2,16,17,18,20,24). The molecule has 2 N–H and O–H groups in total. The fraction of sp³-hybridized carbons (Fsp3) is 0.143. The molecule has 2 aromatic heterocycles. The average Bonchev–Trinajstić information content (AvgIpc) is 3.06. The predicted molar refractivity (Wildman–Crippen MR) is 97.2 cm³/mol. The van der Waals surface area contributed by atoms with E-state index < -0.39 is 16.1 Å². The zero-order chi connectivity index (χ0) is 20.3. The van der Waals surface area contributed by atoms with Crippen LogP contribution in [0.15, 0.2) is 35.2 Å². The van der Waals surface area contributed by atoms with Crippen LogP contribution in [0.25, 0.3) is 11.4 Å². The highest BCUT2D eigenvalue weighted by Crippen LogP contribution is 2.24. The molecule has 12 nitrogen and oxygen atoms in total. The number of aryl methyl sites for hydroxylation is 1. The third-order valence-corrected chi connectivity index (χ3v) is 4.95. The molecule has 2 amide bonds. The van der Waals surface area contributed by atoms with Crippen molar-refractivity contribution in [1.29, 1.82) is 0 Å². The zero-order valence-corrected chi connectivity index (χ0v) is 16.1. The third kappa shape index (κ3) is 4.15. The Morgan fingerprint density at radius 2 is 2.00 bits per heavy atom. The number of tetrazole rings is 1. The van der Waals surface area contributed by atoms with Gasteiger partial charge in [0.05, 0.1) is 12.0 Å². The minimum atomic E-state index is -4.27. The number of methoxy groups -OCH3 is 1. The molecule has 0 atom stereocenters. The lowest BCUT2D eigenvalue weighted by Crippen LogP contribution is -2.35. The second-order valence-electron chi connectivity index (χ2n) is 5.24. The fourth-order valence-corrected chi connectivity index (χ4v) is 3.49. The highest BCUT2D eigenvalue weighted by molar-refractivity contribution is 7.90. The molecular weight excluding hydrogens is 412 g/mol. The molecule has 0 aliphatic heterocycles. The molecule has 3 rings (SSSR count). The quantitative estimate of drug-likeness (QED) is 0.567. The topological polar surface area (TPSA) is 154 Å². The number of rotatable bonds is 5. The predicted octanol–water partition coefficient (Wildman–Crippen LogP) is 0.839. The molecular formula is C14H13ClN8O4S. The number of aromatic nitrogens is 6. The molecule has 3 aromatic rings. The van der Waals surface area contributed by atoms with Crippen LogP contribution in [0.5, 0.6) is 5.88 Å². The van der Waals surface area contributed by atoms with Crippen LogP contribution in [0.3, 0.4) is 0 Å². The van der Waals surface area contributed by atoms with Gasteiger partial charge in [0.25, 0.3) is 10.0 Å². The van der Waals surface area contributed by atoms with Crippen LogP contribution >= 0.6 is 11.6 Å². The lowest BCUT2D eigenvalue weighted by atomic mass is 10.2. The van der Waals surface area contributed by atoms with E-state index >= 15 is 0 Å². The van der Waals surface area contributed by atoms with Crippen molar-refractivity contribution in [2.24, 2.45) is 7.05 Å². The van der Waals surface area contributed by atoms with Crippen LogP contribution in [0.4, 0.5) is 10.7 Å². The van der Waals surface area contributed by atoms with Crippen molar-refractivity contribution in [3.8, 4) is 17.3 Å². The second-order valence-corrected chi connectivity index (χ2v) is 7.28. The Morgan fingerprint density at radius 1 is 1.25 bits per heavy atom. The Kier molecular flexibility index (Phi) is 5.37. The van der Waals surface area contributed by atoms with E-state index in [4.69, 9.17) is 16.3 Å². The summed E-state index contributed by atoms with van der Waals surface area (Å²) in [5.41, 5.74) is 0.218. The highest BCUT2D eigenvalue weighted by Gasteiger charge is 2.24. The van der Waals surface area contributed by atoms with Crippen molar-refractivity contribution < 1.29 is 17.9 Å². The van der Waals surface area contributed by atoms with Crippen LogP contribution in [-0.4, -0.2) is 51.7 Å². The summed E-state index contributed by atoms with van der Waals surface area (Å²) in [6.45, 7) is 0. The molecule has 0 aliphatic rings. The van der Waals surface area contributed by atoms with Crippen LogP contribution in [0.1, 0.15) is 0 Å². The molecule has 0 saturated carbocycles. The molecule has 0 bridgehead atoms. The lowest BCUT2D eigenvalue weighted by Gasteiger charge is -2.11. The van der Waals surface area contributed by atoms with Gasteiger partial charge < -0.3 is 4.74 Å². The van der Waals surface area contributed by atoms with Crippen molar-refractivity contribution in [3.05, 3.63) is 35.5 Å². The molecule has 0 fully saturated rings. The summed E-state index contributed by atoms with van der Waals surface area (Å²) in [4.78, 5) is 19.6. The molecule has 0 unspecified atom stereocenters. The highest BCUT2D eigenvalue weighted by atomic mass is 35.5. The fourth-order valence-electron chi connectivity index (χ4n) is 2.20. The SMILES string of the molecule is COc1cc(Cl)nc(NC(=O)NS(=O)(=O)c2ccccc2-c2nnnn2C)n1. The summed E-state index contributed by atoms with van der Waals surface area (Å²) in [6.07, 6.45) is 0. The van der Waals surface area contributed by atoms with Gasteiger partial charge in [-0.1, -0.05) is 23.7 Å². The molecule has 0 radical (unpaired) electrons. The van der Waals surface area contributed by atoms with Crippen molar-refractivity contribution in [2.45, 2.75) is 4.90 Å². The molecule has 28 heavy (non-hydrogen) atoms. The zero-order valence-electron chi connectivity index (χ0n) is 14.5. The number of ether oxygens (including phenoxy) is 1. The number of nitrogens with zero attached hydrogens (tertiary/aromatic N) is 6. The number of halogens is 1. The first kappa shape index (κ1) is 19.4. The third-order valence-electron chi connectivity index (χ3n) is 3.37. The van der Waals surface area contributed by atoms with E-state index in [0.29, 0.717) is 0 Å². The first-order valence-electron chi connectivity index (χ1n) is 7.54. The molecule has 0 saturated heterocycles. The van der Waals surface area contributed by atoms with Gasteiger partial charge in [-0.2, -0.15) is 4.98 Å². The van der Waals surface area contributed by atoms with Gasteiger partial charge in [-0.15, -0.1) is 5.10 Å². The number of amides is 2. The van der Waals surface area contributed by atoms with Gasteiger partial charge in [-0.25, -0.2) is 27.6 Å². The Bertz CT molecular complexity index is 1130. The van der Waals surface area contributed by atoms with Gasteiger partial charge in [-0.3, -0.25) is 5.32 Å². The largest absolute Gasteiger partial charge is 0.481 e. The van der Waals surface area contributed by atoms with Gasteiger partial charge in [0.1, 0.15) is 5.15 Å². The summed E-state index contributed by atoms with van der Waals surface area (Å²) in [7, 11) is -1.36. The summed E-state index contributed by atoms with van der Waals surface area (Å²) < 4.78 is 33.5. The summed E-state index contributed by atoms with van der Waals surface area (Å²) in [6, 6.07) is 6.20. The Morgan fingerprint density at radius 3 is 2.68 bits per heavy atom. The summed E-state index contributed by atoms with van der Waals surface area (Å²) in [5, 5.41) is 13.2. The van der Waals surface area contributed by atoms with Gasteiger partial charge in [0.2, 0.25) is 11.8 Å². The average molecular weight is 425 g/mol. The first-order valence-corrected chi connectivity index (χ1v) is 9.40. The molecule has 14 heteroatoms. The van der Waals surface area contributed by atoms with E-state index in [0.717, 1.165) is 0 Å². The molecule has 0 spiro atoms.